The van der Waals surface area contributed by atoms with Gasteiger partial charge in [0.2, 0.25) is 11.8 Å². The molecule has 2 aromatic rings. The van der Waals surface area contributed by atoms with E-state index >= 15 is 0 Å². The smallest absolute Gasteiger partial charge is 0.407 e. The standard InChI is InChI=1S/C26H32FN3O4/c1-26(2,3)34-25(33)29-21(13-19-11-7-8-12-22(19)27)14-23(31)30-16-20(17-30)24(32)28-15-18-9-5-4-6-10-18/h4-12,20-21H,13-17H2,1-3H3,(H,28,32)(H,29,33). The van der Waals surface area contributed by atoms with Crippen molar-refractivity contribution in [3.8, 4) is 0 Å². The Hall–Kier alpha value is -3.42. The van der Waals surface area contributed by atoms with Crippen molar-refractivity contribution >= 4 is 17.9 Å². The lowest BCUT2D eigenvalue weighted by atomic mass is 9.96. The van der Waals surface area contributed by atoms with Crippen LogP contribution in [0, 0.1) is 11.7 Å². The highest BCUT2D eigenvalue weighted by Gasteiger charge is 2.36. The maximum absolute atomic E-state index is 14.2. The topological polar surface area (TPSA) is 87.7 Å². The SMILES string of the molecule is CC(C)(C)OC(=O)NC(CC(=O)N1CC(C(=O)NCc2ccccc2)C1)Cc1ccccc1F. The number of likely N-dealkylation sites (tertiary alicyclic amines) is 1. The molecule has 1 aliphatic rings. The van der Waals surface area contributed by atoms with E-state index in [0.29, 0.717) is 25.2 Å². The average molecular weight is 470 g/mol. The number of benzene rings is 2. The summed E-state index contributed by atoms with van der Waals surface area (Å²) >= 11 is 0. The minimum Gasteiger partial charge on any atom is -0.444 e. The van der Waals surface area contributed by atoms with Crippen molar-refractivity contribution in [2.75, 3.05) is 13.1 Å². The second kappa shape index (κ2) is 11.1. The van der Waals surface area contributed by atoms with E-state index in [4.69, 9.17) is 4.74 Å². The summed E-state index contributed by atoms with van der Waals surface area (Å²) in [5.41, 5.74) is 0.708. The maximum atomic E-state index is 14.2. The number of carbonyl (C=O) groups excluding carboxylic acids is 3. The van der Waals surface area contributed by atoms with E-state index in [2.05, 4.69) is 10.6 Å². The molecule has 2 N–H and O–H groups in total. The molecule has 1 saturated heterocycles. The zero-order valence-corrected chi connectivity index (χ0v) is 19.8. The molecule has 0 aromatic heterocycles. The molecule has 1 fully saturated rings. The van der Waals surface area contributed by atoms with E-state index in [-0.39, 0.29) is 30.6 Å². The van der Waals surface area contributed by atoms with Gasteiger partial charge in [-0.25, -0.2) is 9.18 Å². The Kier molecular flexibility index (Phi) is 8.26. The van der Waals surface area contributed by atoms with Crippen molar-refractivity contribution in [3.63, 3.8) is 0 Å². The summed E-state index contributed by atoms with van der Waals surface area (Å²) in [6, 6.07) is 15.2. The number of carbonyl (C=O) groups is 3. The van der Waals surface area contributed by atoms with E-state index < -0.39 is 23.6 Å². The summed E-state index contributed by atoms with van der Waals surface area (Å²) in [4.78, 5) is 39.1. The van der Waals surface area contributed by atoms with Crippen molar-refractivity contribution in [1.29, 1.82) is 0 Å². The van der Waals surface area contributed by atoms with E-state index in [1.54, 1.807) is 43.9 Å². The molecule has 0 saturated carbocycles. The van der Waals surface area contributed by atoms with Crippen LogP contribution in [-0.2, 0) is 27.3 Å². The minimum absolute atomic E-state index is 0.0219. The summed E-state index contributed by atoms with van der Waals surface area (Å²) in [6.07, 6.45) is -0.540. The van der Waals surface area contributed by atoms with Crippen LogP contribution in [0.4, 0.5) is 9.18 Å². The van der Waals surface area contributed by atoms with Gasteiger partial charge in [-0.3, -0.25) is 9.59 Å². The van der Waals surface area contributed by atoms with Gasteiger partial charge in [0.1, 0.15) is 11.4 Å². The highest BCUT2D eigenvalue weighted by atomic mass is 19.1. The van der Waals surface area contributed by atoms with Crippen LogP contribution < -0.4 is 10.6 Å². The largest absolute Gasteiger partial charge is 0.444 e. The number of halogens is 1. The lowest BCUT2D eigenvalue weighted by Gasteiger charge is -2.39. The predicted molar refractivity (Wildman–Crippen MR) is 126 cm³/mol. The van der Waals surface area contributed by atoms with Gasteiger partial charge in [0, 0.05) is 32.1 Å². The lowest BCUT2D eigenvalue weighted by Crippen LogP contribution is -2.56. The highest BCUT2D eigenvalue weighted by Crippen LogP contribution is 2.19. The van der Waals surface area contributed by atoms with Crippen molar-refractivity contribution < 1.29 is 23.5 Å². The number of hydrogen-bond acceptors (Lipinski definition) is 4. The van der Waals surface area contributed by atoms with Crippen molar-refractivity contribution in [2.24, 2.45) is 5.92 Å². The zero-order chi connectivity index (χ0) is 24.7. The van der Waals surface area contributed by atoms with Crippen LogP contribution in [-0.4, -0.2) is 47.5 Å². The molecule has 1 aliphatic heterocycles. The second-order valence-corrected chi connectivity index (χ2v) is 9.54. The highest BCUT2D eigenvalue weighted by molar-refractivity contribution is 5.85. The molecule has 2 aromatic carbocycles. The minimum atomic E-state index is -0.700. The van der Waals surface area contributed by atoms with Crippen LogP contribution in [0.2, 0.25) is 0 Å². The first-order valence-electron chi connectivity index (χ1n) is 11.4. The maximum Gasteiger partial charge on any atom is 0.407 e. The summed E-state index contributed by atoms with van der Waals surface area (Å²) in [7, 11) is 0. The fourth-order valence-electron chi connectivity index (χ4n) is 3.70. The van der Waals surface area contributed by atoms with Crippen LogP contribution in [0.15, 0.2) is 54.6 Å². The number of nitrogens with zero attached hydrogens (tertiary/aromatic N) is 1. The van der Waals surface area contributed by atoms with Gasteiger partial charge in [0.05, 0.1) is 5.92 Å². The fraction of sp³-hybridized carbons (Fsp3) is 0.423. The molecular weight excluding hydrogens is 437 g/mol. The average Bonchev–Trinajstić information content (AvgIpc) is 2.72. The number of alkyl carbamates (subject to hydrolysis) is 1. The first kappa shape index (κ1) is 25.2. The number of nitrogens with one attached hydrogen (secondary N) is 2. The van der Waals surface area contributed by atoms with Gasteiger partial charge in [-0.2, -0.15) is 0 Å². The van der Waals surface area contributed by atoms with Crippen LogP contribution >= 0.6 is 0 Å². The number of hydrogen-bond donors (Lipinski definition) is 2. The predicted octanol–water partition coefficient (Wildman–Crippen LogP) is 3.43. The van der Waals surface area contributed by atoms with Gasteiger partial charge in [0.15, 0.2) is 0 Å². The third-order valence-corrected chi connectivity index (χ3v) is 5.48. The van der Waals surface area contributed by atoms with Gasteiger partial charge in [0.25, 0.3) is 0 Å². The first-order chi connectivity index (χ1) is 16.1. The van der Waals surface area contributed by atoms with Crippen LogP contribution in [0.25, 0.3) is 0 Å². The van der Waals surface area contributed by atoms with Gasteiger partial charge in [-0.15, -0.1) is 0 Å². The normalized spacial score (nSPS) is 14.6. The third-order valence-electron chi connectivity index (χ3n) is 5.48. The molecule has 1 atom stereocenters. The third kappa shape index (κ3) is 7.57. The summed E-state index contributed by atoms with van der Waals surface area (Å²) < 4.78 is 19.5. The Balaban J connectivity index is 1.53. The molecule has 1 heterocycles. The zero-order valence-electron chi connectivity index (χ0n) is 19.8. The Morgan fingerprint density at radius 1 is 1.06 bits per heavy atom. The Morgan fingerprint density at radius 3 is 2.35 bits per heavy atom. The van der Waals surface area contributed by atoms with Crippen molar-refractivity contribution in [3.05, 3.63) is 71.5 Å². The van der Waals surface area contributed by atoms with Crippen molar-refractivity contribution in [1.82, 2.24) is 15.5 Å². The van der Waals surface area contributed by atoms with Gasteiger partial charge < -0.3 is 20.3 Å². The van der Waals surface area contributed by atoms with E-state index in [1.807, 2.05) is 30.3 Å². The van der Waals surface area contributed by atoms with Crippen molar-refractivity contribution in [2.45, 2.75) is 51.8 Å². The molecule has 0 spiro atoms. The number of ether oxygens (including phenoxy) is 1. The molecule has 0 bridgehead atoms. The number of rotatable bonds is 8. The van der Waals surface area contributed by atoms with Gasteiger partial charge >= 0.3 is 6.09 Å². The van der Waals surface area contributed by atoms with Gasteiger partial charge in [-0.1, -0.05) is 48.5 Å². The lowest BCUT2D eigenvalue weighted by molar-refractivity contribution is -0.143. The second-order valence-electron chi connectivity index (χ2n) is 9.54. The quantitative estimate of drug-likeness (QED) is 0.620. The molecule has 7 nitrogen and oxygen atoms in total. The summed E-state index contributed by atoms with van der Waals surface area (Å²) in [6.45, 7) is 6.30. The molecular formula is C26H32FN3O4. The molecule has 34 heavy (non-hydrogen) atoms. The van der Waals surface area contributed by atoms with E-state index in [1.165, 1.54) is 6.07 Å². The molecule has 3 amide bonds. The van der Waals surface area contributed by atoms with Crippen LogP contribution in [0.3, 0.4) is 0 Å². The van der Waals surface area contributed by atoms with E-state index in [0.717, 1.165) is 5.56 Å². The van der Waals surface area contributed by atoms with Crippen LogP contribution in [0.5, 0.6) is 0 Å². The Labute approximate surface area is 199 Å². The monoisotopic (exact) mass is 469 g/mol. The van der Waals surface area contributed by atoms with Gasteiger partial charge in [-0.05, 0) is 44.4 Å². The summed E-state index contributed by atoms with van der Waals surface area (Å²) in [5, 5.41) is 5.60. The molecule has 0 radical (unpaired) electrons. The fourth-order valence-corrected chi connectivity index (χ4v) is 3.70. The van der Waals surface area contributed by atoms with E-state index in [9.17, 15) is 18.8 Å². The molecule has 182 valence electrons. The molecule has 1 unspecified atom stereocenters. The Morgan fingerprint density at radius 2 is 1.71 bits per heavy atom. The number of amides is 3. The first-order valence-corrected chi connectivity index (χ1v) is 11.4. The molecule has 0 aliphatic carbocycles. The summed E-state index contributed by atoms with van der Waals surface area (Å²) in [5.74, 6) is -0.964. The Bertz CT molecular complexity index is 1000. The molecule has 8 heteroatoms. The van der Waals surface area contributed by atoms with Crippen LogP contribution in [0.1, 0.15) is 38.3 Å². The molecule has 3 rings (SSSR count).